The Morgan fingerprint density at radius 1 is 1.44 bits per heavy atom. The zero-order valence-electron chi connectivity index (χ0n) is 10.8. The number of nitrogens with one attached hydrogen (secondary N) is 1. The Morgan fingerprint density at radius 2 is 2.28 bits per heavy atom. The molecule has 0 bridgehead atoms. The summed E-state index contributed by atoms with van der Waals surface area (Å²) in [4.78, 5) is 5.56. The Kier molecular flexibility index (Phi) is 2.61. The lowest BCUT2D eigenvalue weighted by atomic mass is 10.1. The van der Waals surface area contributed by atoms with Crippen molar-refractivity contribution < 1.29 is 0 Å². The molecule has 0 radical (unpaired) electrons. The maximum absolute atomic E-state index is 8.98. The van der Waals surface area contributed by atoms with Crippen LogP contribution in [0.25, 0.3) is 10.9 Å². The topological polar surface area (TPSA) is 42.8 Å². The third-order valence-electron chi connectivity index (χ3n) is 3.76. The second-order valence-corrected chi connectivity index (χ2v) is 5.48. The minimum atomic E-state index is 0.662. The largest absolute Gasteiger partial charge is 0.361 e. The van der Waals surface area contributed by atoms with Crippen LogP contribution in [0, 0.1) is 17.2 Å². The second-order valence-electron chi connectivity index (χ2n) is 5.48. The second kappa shape index (κ2) is 4.15. The molecule has 18 heavy (non-hydrogen) atoms. The van der Waals surface area contributed by atoms with Gasteiger partial charge in [0.2, 0.25) is 0 Å². The molecule has 2 aromatic rings. The van der Waals surface area contributed by atoms with Crippen LogP contribution >= 0.6 is 0 Å². The number of hydrogen-bond acceptors (Lipinski definition) is 2. The predicted octanol–water partition coefficient (Wildman–Crippen LogP) is 2.70. The number of H-pyrrole nitrogens is 1. The first-order valence-corrected chi connectivity index (χ1v) is 6.35. The lowest BCUT2D eigenvalue weighted by Gasteiger charge is -2.08. The van der Waals surface area contributed by atoms with Crippen molar-refractivity contribution >= 4 is 10.9 Å². The summed E-state index contributed by atoms with van der Waals surface area (Å²) >= 11 is 0. The van der Waals surface area contributed by atoms with Crippen LogP contribution in [0.2, 0.25) is 0 Å². The van der Waals surface area contributed by atoms with Crippen molar-refractivity contribution in [1.82, 2.24) is 9.88 Å². The minimum Gasteiger partial charge on any atom is -0.361 e. The highest BCUT2D eigenvalue weighted by atomic mass is 15.1. The average molecular weight is 239 g/mol. The van der Waals surface area contributed by atoms with Gasteiger partial charge in [0, 0.05) is 23.6 Å². The van der Waals surface area contributed by atoms with Gasteiger partial charge in [-0.25, -0.2) is 0 Å². The van der Waals surface area contributed by atoms with Gasteiger partial charge in [0.25, 0.3) is 0 Å². The van der Waals surface area contributed by atoms with E-state index in [1.165, 1.54) is 17.4 Å². The highest BCUT2D eigenvalue weighted by Gasteiger charge is 2.39. The van der Waals surface area contributed by atoms with Crippen LogP contribution in [0.15, 0.2) is 24.4 Å². The van der Waals surface area contributed by atoms with Crippen LogP contribution in [0.1, 0.15) is 23.5 Å². The SMILES string of the molecule is CN(C)C[C@H]1C[C@H]1c1c[nH]c2ccc(C#N)cc12. The van der Waals surface area contributed by atoms with E-state index in [-0.39, 0.29) is 0 Å². The molecule has 3 rings (SSSR count). The fourth-order valence-electron chi connectivity index (χ4n) is 2.82. The molecule has 1 heterocycles. The van der Waals surface area contributed by atoms with Crippen molar-refractivity contribution in [3.05, 3.63) is 35.5 Å². The summed E-state index contributed by atoms with van der Waals surface area (Å²) in [6, 6.07) is 8.09. The fraction of sp³-hybridized carbons (Fsp3) is 0.400. The van der Waals surface area contributed by atoms with Crippen LogP contribution in [0.3, 0.4) is 0 Å². The van der Waals surface area contributed by atoms with Gasteiger partial charge >= 0.3 is 0 Å². The standard InChI is InChI=1S/C15H17N3/c1-18(2)9-11-6-12(11)14-8-17-15-4-3-10(7-16)5-13(14)15/h3-5,8,11-12,17H,6,9H2,1-2H3/t11-,12-/m1/s1. The quantitative estimate of drug-likeness (QED) is 0.894. The summed E-state index contributed by atoms with van der Waals surface area (Å²) in [7, 11) is 4.25. The molecule has 0 amide bonds. The first-order valence-electron chi connectivity index (χ1n) is 6.35. The molecule has 0 aliphatic heterocycles. The van der Waals surface area contributed by atoms with Crippen molar-refractivity contribution in [3.8, 4) is 6.07 Å². The Labute approximate surface area is 107 Å². The third-order valence-corrected chi connectivity index (χ3v) is 3.76. The molecule has 92 valence electrons. The number of fused-ring (bicyclic) bond motifs is 1. The van der Waals surface area contributed by atoms with Crippen LogP contribution in [0.4, 0.5) is 0 Å². The van der Waals surface area contributed by atoms with Gasteiger partial charge in [-0.1, -0.05) is 0 Å². The molecule has 1 fully saturated rings. The molecule has 0 spiro atoms. The highest BCUT2D eigenvalue weighted by molar-refractivity contribution is 5.85. The fourth-order valence-corrected chi connectivity index (χ4v) is 2.82. The van der Waals surface area contributed by atoms with Gasteiger partial charge < -0.3 is 9.88 Å². The van der Waals surface area contributed by atoms with E-state index in [2.05, 4.69) is 36.2 Å². The van der Waals surface area contributed by atoms with E-state index in [9.17, 15) is 0 Å². The highest BCUT2D eigenvalue weighted by Crippen LogP contribution is 2.49. The van der Waals surface area contributed by atoms with Crippen molar-refractivity contribution in [2.24, 2.45) is 5.92 Å². The summed E-state index contributed by atoms with van der Waals surface area (Å²) in [5, 5.41) is 10.2. The van der Waals surface area contributed by atoms with Crippen LogP contribution in [-0.4, -0.2) is 30.5 Å². The number of benzene rings is 1. The van der Waals surface area contributed by atoms with E-state index >= 15 is 0 Å². The summed E-state index contributed by atoms with van der Waals surface area (Å²) < 4.78 is 0. The van der Waals surface area contributed by atoms with Crippen LogP contribution in [-0.2, 0) is 0 Å². The summed E-state index contributed by atoms with van der Waals surface area (Å²) in [6.45, 7) is 1.15. The van der Waals surface area contributed by atoms with E-state index in [1.807, 2.05) is 18.2 Å². The molecule has 3 nitrogen and oxygen atoms in total. The molecule has 3 heteroatoms. The maximum Gasteiger partial charge on any atom is 0.0991 e. The molecule has 1 aromatic carbocycles. The molecule has 1 aliphatic carbocycles. The summed E-state index contributed by atoms with van der Waals surface area (Å²) in [5.74, 6) is 1.43. The molecule has 1 saturated carbocycles. The van der Waals surface area contributed by atoms with Crippen LogP contribution in [0.5, 0.6) is 0 Å². The Morgan fingerprint density at radius 3 is 3.00 bits per heavy atom. The monoisotopic (exact) mass is 239 g/mol. The van der Waals surface area contributed by atoms with Gasteiger partial charge in [-0.05, 0) is 56.1 Å². The van der Waals surface area contributed by atoms with E-state index < -0.39 is 0 Å². The molecular formula is C15H17N3. The van der Waals surface area contributed by atoms with Gasteiger partial charge in [-0.2, -0.15) is 5.26 Å². The van der Waals surface area contributed by atoms with Gasteiger partial charge in [0.15, 0.2) is 0 Å². The Hall–Kier alpha value is -1.79. The lowest BCUT2D eigenvalue weighted by molar-refractivity contribution is 0.385. The molecule has 0 unspecified atom stereocenters. The average Bonchev–Trinajstić information content (AvgIpc) is 2.97. The first kappa shape index (κ1) is 11.3. The van der Waals surface area contributed by atoms with Crippen molar-refractivity contribution in [2.45, 2.75) is 12.3 Å². The number of rotatable bonds is 3. The summed E-state index contributed by atoms with van der Waals surface area (Å²) in [6.07, 6.45) is 3.38. The minimum absolute atomic E-state index is 0.662. The normalized spacial score (nSPS) is 22.3. The van der Waals surface area contributed by atoms with Gasteiger partial charge in [-0.15, -0.1) is 0 Å². The Bertz CT molecular complexity index is 618. The van der Waals surface area contributed by atoms with E-state index in [0.29, 0.717) is 5.92 Å². The molecule has 0 saturated heterocycles. The number of aromatic amines is 1. The predicted molar refractivity (Wildman–Crippen MR) is 72.4 cm³/mol. The zero-order chi connectivity index (χ0) is 12.7. The zero-order valence-corrected chi connectivity index (χ0v) is 10.8. The number of nitrogens with zero attached hydrogens (tertiary/aromatic N) is 2. The van der Waals surface area contributed by atoms with Gasteiger partial charge in [0.05, 0.1) is 11.6 Å². The molecular weight excluding hydrogens is 222 g/mol. The maximum atomic E-state index is 8.98. The van der Waals surface area contributed by atoms with Gasteiger partial charge in [0.1, 0.15) is 0 Å². The molecule has 1 N–H and O–H groups in total. The number of nitriles is 1. The van der Waals surface area contributed by atoms with E-state index in [1.54, 1.807) is 0 Å². The molecule has 1 aliphatic rings. The number of hydrogen-bond donors (Lipinski definition) is 1. The molecule has 1 aromatic heterocycles. The van der Waals surface area contributed by atoms with Crippen molar-refractivity contribution in [3.63, 3.8) is 0 Å². The lowest BCUT2D eigenvalue weighted by Crippen LogP contribution is -2.15. The summed E-state index contributed by atoms with van der Waals surface area (Å²) in [5.41, 5.74) is 3.27. The molecule has 2 atom stereocenters. The third kappa shape index (κ3) is 1.89. The van der Waals surface area contributed by atoms with Crippen molar-refractivity contribution in [1.29, 1.82) is 5.26 Å². The number of aromatic nitrogens is 1. The smallest absolute Gasteiger partial charge is 0.0991 e. The van der Waals surface area contributed by atoms with E-state index in [0.717, 1.165) is 23.5 Å². The Balaban J connectivity index is 1.92. The van der Waals surface area contributed by atoms with Crippen molar-refractivity contribution in [2.75, 3.05) is 20.6 Å². The van der Waals surface area contributed by atoms with Crippen LogP contribution < -0.4 is 0 Å². The first-order chi connectivity index (χ1) is 8.69. The van der Waals surface area contributed by atoms with E-state index in [4.69, 9.17) is 5.26 Å². The van der Waals surface area contributed by atoms with Gasteiger partial charge in [-0.3, -0.25) is 0 Å².